The third-order valence-electron chi connectivity index (χ3n) is 12.1. The highest BCUT2D eigenvalue weighted by Crippen LogP contribution is 2.43. The van der Waals surface area contributed by atoms with Crippen molar-refractivity contribution in [3.63, 3.8) is 0 Å². The van der Waals surface area contributed by atoms with Gasteiger partial charge in [-0.3, -0.25) is 0 Å². The van der Waals surface area contributed by atoms with Crippen molar-refractivity contribution in [1.29, 1.82) is 10.5 Å². The van der Waals surface area contributed by atoms with E-state index in [1.54, 1.807) is 0 Å². The number of para-hydroxylation sites is 3. The van der Waals surface area contributed by atoms with Crippen molar-refractivity contribution in [2.24, 2.45) is 0 Å². The van der Waals surface area contributed by atoms with Gasteiger partial charge in [-0.2, -0.15) is 10.5 Å². The molecule has 0 aliphatic rings. The van der Waals surface area contributed by atoms with E-state index in [1.165, 1.54) is 5.39 Å². The Morgan fingerprint density at radius 3 is 1.53 bits per heavy atom. The monoisotopic (exact) mass is 749 g/mol. The van der Waals surface area contributed by atoms with Gasteiger partial charge >= 0.3 is 0 Å². The van der Waals surface area contributed by atoms with Crippen LogP contribution in [0.15, 0.2) is 188 Å². The fourth-order valence-corrected chi connectivity index (χ4v) is 9.53. The number of rotatable bonds is 4. The van der Waals surface area contributed by atoms with Gasteiger partial charge in [0.25, 0.3) is 0 Å². The number of benzene rings is 9. The average molecular weight is 750 g/mol. The van der Waals surface area contributed by atoms with Crippen molar-refractivity contribution in [3.8, 4) is 40.3 Å². The van der Waals surface area contributed by atoms with Crippen molar-refractivity contribution in [1.82, 2.24) is 13.7 Å². The molecule has 0 unspecified atom stereocenters. The van der Waals surface area contributed by atoms with Crippen LogP contribution >= 0.6 is 0 Å². The molecular formula is C54H31N5. The summed E-state index contributed by atoms with van der Waals surface area (Å²) in [5.41, 5.74) is 11.7. The van der Waals surface area contributed by atoms with Gasteiger partial charge in [-0.25, -0.2) is 0 Å². The third-order valence-corrected chi connectivity index (χ3v) is 12.1. The molecule has 12 aromatic rings. The zero-order valence-corrected chi connectivity index (χ0v) is 31.6. The van der Waals surface area contributed by atoms with Crippen LogP contribution in [-0.2, 0) is 0 Å². The average Bonchev–Trinajstić information content (AvgIpc) is 3.93. The lowest BCUT2D eigenvalue weighted by Crippen LogP contribution is -2.04. The minimum absolute atomic E-state index is 0.474. The van der Waals surface area contributed by atoms with Crippen LogP contribution in [0.1, 0.15) is 11.1 Å². The Morgan fingerprint density at radius 2 is 0.847 bits per heavy atom. The van der Waals surface area contributed by atoms with Crippen molar-refractivity contribution in [2.75, 3.05) is 0 Å². The summed E-state index contributed by atoms with van der Waals surface area (Å²) in [5.74, 6) is 0. The first-order valence-corrected chi connectivity index (χ1v) is 19.7. The van der Waals surface area contributed by atoms with E-state index in [0.717, 1.165) is 87.6 Å². The summed E-state index contributed by atoms with van der Waals surface area (Å²) < 4.78 is 6.66. The summed E-state index contributed by atoms with van der Waals surface area (Å²) in [5, 5.41) is 31.1. The Labute approximate surface area is 338 Å². The molecular weight excluding hydrogens is 719 g/mol. The number of hydrogen-bond donors (Lipinski definition) is 0. The number of nitrogens with zero attached hydrogens (tertiary/aromatic N) is 5. The van der Waals surface area contributed by atoms with Crippen molar-refractivity contribution in [3.05, 3.63) is 199 Å². The van der Waals surface area contributed by atoms with Crippen LogP contribution in [0.3, 0.4) is 0 Å². The SMILES string of the molecule is N#Cc1cc(-n2c3ccc(-c4ccccc4)cc3c3c4ccccc4ccc32)c(C#N)cc1-n1c2ccccc2c2cc3c4ccccc4n(-c4ccccc4)c3cc21. The highest BCUT2D eigenvalue weighted by atomic mass is 15.0. The molecule has 0 saturated heterocycles. The Kier molecular flexibility index (Phi) is 6.99. The normalized spacial score (nSPS) is 11.7. The van der Waals surface area contributed by atoms with Crippen molar-refractivity contribution in [2.45, 2.75) is 0 Å². The molecule has 0 amide bonds. The van der Waals surface area contributed by atoms with Gasteiger partial charge in [-0.1, -0.05) is 121 Å². The van der Waals surface area contributed by atoms with E-state index in [0.29, 0.717) is 22.5 Å². The molecule has 0 fully saturated rings. The number of fused-ring (bicyclic) bond motifs is 11. The smallest absolute Gasteiger partial charge is 0.101 e. The molecule has 3 heterocycles. The first kappa shape index (κ1) is 32.8. The molecule has 0 atom stereocenters. The van der Waals surface area contributed by atoms with E-state index in [4.69, 9.17) is 0 Å². The van der Waals surface area contributed by atoms with Crippen LogP contribution < -0.4 is 0 Å². The lowest BCUT2D eigenvalue weighted by molar-refractivity contribution is 1.12. The highest BCUT2D eigenvalue weighted by molar-refractivity contribution is 6.22. The molecule has 3 aromatic heterocycles. The number of aromatic nitrogens is 3. The van der Waals surface area contributed by atoms with Gasteiger partial charge in [-0.05, 0) is 88.6 Å². The molecule has 9 aromatic carbocycles. The van der Waals surface area contributed by atoms with E-state index < -0.39 is 0 Å². The van der Waals surface area contributed by atoms with E-state index in [-0.39, 0.29) is 0 Å². The summed E-state index contributed by atoms with van der Waals surface area (Å²) in [6.07, 6.45) is 0. The predicted octanol–water partition coefficient (Wildman–Crippen LogP) is 13.5. The standard InChI is InChI=1S/C54H31N5/c55-32-37-29-51(59-47-22-12-10-20-42(47)44-30-43-41-19-9-11-21-46(41)57(52(43)31-53(44)59)39-16-5-2-6-17-39)38(33-56)28-50(37)58-48-25-24-36(34-13-3-1-4-14-34)27-45(48)54-40-18-8-7-15-35(40)23-26-49(54)58/h1-31H. The zero-order chi connectivity index (χ0) is 39.2. The topological polar surface area (TPSA) is 62.4 Å². The Balaban J connectivity index is 1.16. The predicted molar refractivity (Wildman–Crippen MR) is 242 cm³/mol. The summed E-state index contributed by atoms with van der Waals surface area (Å²) >= 11 is 0. The molecule has 59 heavy (non-hydrogen) atoms. The van der Waals surface area contributed by atoms with Crippen LogP contribution in [0.2, 0.25) is 0 Å². The highest BCUT2D eigenvalue weighted by Gasteiger charge is 2.23. The summed E-state index contributed by atoms with van der Waals surface area (Å²) in [7, 11) is 0. The van der Waals surface area contributed by atoms with Crippen LogP contribution in [0.4, 0.5) is 0 Å². The summed E-state index contributed by atoms with van der Waals surface area (Å²) in [4.78, 5) is 0. The van der Waals surface area contributed by atoms with E-state index >= 15 is 0 Å². The zero-order valence-electron chi connectivity index (χ0n) is 31.6. The van der Waals surface area contributed by atoms with Gasteiger partial charge in [0.05, 0.1) is 55.6 Å². The second kappa shape index (κ2) is 12.6. The molecule has 272 valence electrons. The maximum Gasteiger partial charge on any atom is 0.101 e. The maximum atomic E-state index is 11.1. The second-order valence-electron chi connectivity index (χ2n) is 15.2. The largest absolute Gasteiger partial charge is 0.309 e. The first-order valence-electron chi connectivity index (χ1n) is 19.7. The molecule has 5 nitrogen and oxygen atoms in total. The second-order valence-corrected chi connectivity index (χ2v) is 15.2. The molecule has 0 aliphatic heterocycles. The Bertz CT molecular complexity index is 3790. The molecule has 0 radical (unpaired) electrons. The van der Waals surface area contributed by atoms with Gasteiger partial charge in [0.1, 0.15) is 12.1 Å². The lowest BCUT2D eigenvalue weighted by atomic mass is 10.0. The van der Waals surface area contributed by atoms with E-state index in [2.05, 4.69) is 184 Å². The Morgan fingerprint density at radius 1 is 0.322 bits per heavy atom. The molecule has 0 aliphatic carbocycles. The molecule has 12 rings (SSSR count). The molecule has 0 saturated carbocycles. The summed E-state index contributed by atoms with van der Waals surface area (Å²) in [6, 6.07) is 70.5. The molecule has 0 spiro atoms. The first-order chi connectivity index (χ1) is 29.2. The van der Waals surface area contributed by atoms with Crippen molar-refractivity contribution < 1.29 is 0 Å². The third kappa shape index (κ3) is 4.71. The fraction of sp³-hybridized carbons (Fsp3) is 0. The van der Waals surface area contributed by atoms with E-state index in [9.17, 15) is 10.5 Å². The van der Waals surface area contributed by atoms with Gasteiger partial charge in [0.2, 0.25) is 0 Å². The molecule has 0 bridgehead atoms. The van der Waals surface area contributed by atoms with Crippen LogP contribution in [-0.4, -0.2) is 13.7 Å². The Hall–Kier alpha value is -8.38. The summed E-state index contributed by atoms with van der Waals surface area (Å²) in [6.45, 7) is 0. The van der Waals surface area contributed by atoms with Crippen LogP contribution in [0, 0.1) is 22.7 Å². The van der Waals surface area contributed by atoms with Crippen LogP contribution in [0.5, 0.6) is 0 Å². The lowest BCUT2D eigenvalue weighted by Gasteiger charge is -2.16. The van der Waals surface area contributed by atoms with Gasteiger partial charge < -0.3 is 13.7 Å². The molecule has 0 N–H and O–H groups in total. The fourth-order valence-electron chi connectivity index (χ4n) is 9.53. The quantitative estimate of drug-likeness (QED) is 0.180. The van der Waals surface area contributed by atoms with Gasteiger partial charge in [-0.15, -0.1) is 0 Å². The minimum Gasteiger partial charge on any atom is -0.309 e. The van der Waals surface area contributed by atoms with Crippen molar-refractivity contribution >= 4 is 76.2 Å². The minimum atomic E-state index is 0.474. The van der Waals surface area contributed by atoms with E-state index in [1.807, 2.05) is 30.3 Å². The van der Waals surface area contributed by atoms with Gasteiger partial charge in [0, 0.05) is 38.0 Å². The molecule has 5 heteroatoms. The van der Waals surface area contributed by atoms with Crippen LogP contribution in [0.25, 0.3) is 104 Å². The van der Waals surface area contributed by atoms with Gasteiger partial charge in [0.15, 0.2) is 0 Å². The maximum absolute atomic E-state index is 11.1. The number of hydrogen-bond acceptors (Lipinski definition) is 2. The number of nitriles is 2.